The van der Waals surface area contributed by atoms with Crippen LogP contribution in [-0.4, -0.2) is 45.2 Å². The first kappa shape index (κ1) is 22.0. The number of rotatable bonds is 9. The van der Waals surface area contributed by atoms with E-state index in [4.69, 9.17) is 14.2 Å². The molecule has 0 aromatic heterocycles. The molecule has 156 valence electrons. The van der Waals surface area contributed by atoms with Crippen LogP contribution in [0.4, 0.5) is 11.4 Å². The lowest BCUT2D eigenvalue weighted by molar-refractivity contribution is -0.907. The van der Waals surface area contributed by atoms with Gasteiger partial charge in [0.15, 0.2) is 17.5 Å². The van der Waals surface area contributed by atoms with E-state index in [1.807, 2.05) is 25.2 Å². The Bertz CT molecular complexity index is 887. The van der Waals surface area contributed by atoms with E-state index in [9.17, 15) is 14.9 Å². The fourth-order valence-corrected chi connectivity index (χ4v) is 2.91. The van der Waals surface area contributed by atoms with E-state index < -0.39 is 11.0 Å². The Kier molecular flexibility index (Phi) is 7.38. The number of hydrogen-bond acceptors (Lipinski definition) is 6. The molecule has 0 saturated carbocycles. The lowest BCUT2D eigenvalue weighted by Gasteiger charge is -2.23. The SMILES string of the molecule is COc1cc([N+](=O)[O-])ccc1NC(=O)[C@@H](C)[NH+](C)Cc1cccc(OC)c1OC. The van der Waals surface area contributed by atoms with Gasteiger partial charge in [-0.3, -0.25) is 14.9 Å². The Balaban J connectivity index is 2.13. The highest BCUT2D eigenvalue weighted by Crippen LogP contribution is 2.30. The predicted molar refractivity (Wildman–Crippen MR) is 108 cm³/mol. The largest absolute Gasteiger partial charge is 0.494 e. The summed E-state index contributed by atoms with van der Waals surface area (Å²) in [4.78, 5) is 24.1. The summed E-state index contributed by atoms with van der Waals surface area (Å²) >= 11 is 0. The number of carbonyl (C=O) groups is 1. The minimum Gasteiger partial charge on any atom is -0.494 e. The van der Waals surface area contributed by atoms with Gasteiger partial charge < -0.3 is 24.4 Å². The second-order valence-electron chi connectivity index (χ2n) is 6.53. The summed E-state index contributed by atoms with van der Waals surface area (Å²) in [6.07, 6.45) is 0. The molecule has 0 radical (unpaired) electrons. The molecule has 0 bridgehead atoms. The third-order valence-corrected chi connectivity index (χ3v) is 4.74. The van der Waals surface area contributed by atoms with E-state index in [0.29, 0.717) is 23.7 Å². The summed E-state index contributed by atoms with van der Waals surface area (Å²) in [5.74, 6) is 1.26. The van der Waals surface area contributed by atoms with Crippen molar-refractivity contribution in [2.45, 2.75) is 19.5 Å². The Labute approximate surface area is 169 Å². The van der Waals surface area contributed by atoms with E-state index in [-0.39, 0.29) is 17.3 Å². The molecule has 9 heteroatoms. The normalized spacial score (nSPS) is 12.6. The molecular formula is C20H26N3O6+. The number of methoxy groups -OCH3 is 3. The van der Waals surface area contributed by atoms with Crippen LogP contribution in [0, 0.1) is 10.1 Å². The van der Waals surface area contributed by atoms with Crippen molar-refractivity contribution in [2.75, 3.05) is 33.7 Å². The van der Waals surface area contributed by atoms with Gasteiger partial charge in [0.1, 0.15) is 12.3 Å². The number of nitro benzene ring substituents is 1. The van der Waals surface area contributed by atoms with Crippen molar-refractivity contribution in [3.63, 3.8) is 0 Å². The molecule has 0 spiro atoms. The standard InChI is InChI=1S/C20H25N3O6/c1-13(22(2)12-14-7-6-8-17(27-3)19(14)29-5)20(24)21-16-10-9-15(23(25)26)11-18(16)28-4/h6-11,13H,12H2,1-5H3,(H,21,24)/p+1/t13-/m1/s1. The number of likely N-dealkylation sites (N-methyl/N-ethyl adjacent to an activating group) is 1. The molecule has 0 aliphatic heterocycles. The van der Waals surface area contributed by atoms with E-state index in [2.05, 4.69) is 5.32 Å². The summed E-state index contributed by atoms with van der Waals surface area (Å²) in [6, 6.07) is 9.26. The van der Waals surface area contributed by atoms with Crippen LogP contribution in [0.15, 0.2) is 36.4 Å². The van der Waals surface area contributed by atoms with Crippen LogP contribution in [0.5, 0.6) is 17.2 Å². The van der Waals surface area contributed by atoms with Gasteiger partial charge in [0, 0.05) is 6.07 Å². The number of amides is 1. The topological polar surface area (TPSA) is 104 Å². The molecule has 2 rings (SSSR count). The lowest BCUT2D eigenvalue weighted by Crippen LogP contribution is -3.12. The van der Waals surface area contributed by atoms with Gasteiger partial charge in [-0.15, -0.1) is 0 Å². The van der Waals surface area contributed by atoms with Gasteiger partial charge in [-0.2, -0.15) is 0 Å². The zero-order valence-corrected chi connectivity index (χ0v) is 17.1. The minimum absolute atomic E-state index is 0.110. The van der Waals surface area contributed by atoms with E-state index in [1.54, 1.807) is 21.1 Å². The lowest BCUT2D eigenvalue weighted by atomic mass is 10.1. The first-order chi connectivity index (χ1) is 13.8. The molecule has 0 fully saturated rings. The number of nitro groups is 1. The van der Waals surface area contributed by atoms with Crippen molar-refractivity contribution >= 4 is 17.3 Å². The molecule has 1 unspecified atom stereocenters. The first-order valence-electron chi connectivity index (χ1n) is 8.97. The average Bonchev–Trinajstić information content (AvgIpc) is 2.72. The highest BCUT2D eigenvalue weighted by Gasteiger charge is 2.25. The number of non-ortho nitro benzene ring substituents is 1. The number of nitrogens with one attached hydrogen (secondary N) is 2. The molecule has 0 aliphatic carbocycles. The Morgan fingerprint density at radius 1 is 1.14 bits per heavy atom. The van der Waals surface area contributed by atoms with Crippen LogP contribution >= 0.6 is 0 Å². The van der Waals surface area contributed by atoms with Crippen LogP contribution in [-0.2, 0) is 11.3 Å². The summed E-state index contributed by atoms with van der Waals surface area (Å²) < 4.78 is 15.9. The molecule has 9 nitrogen and oxygen atoms in total. The number of hydrogen-bond donors (Lipinski definition) is 2. The Morgan fingerprint density at radius 2 is 1.83 bits per heavy atom. The van der Waals surface area contributed by atoms with Gasteiger partial charge in [-0.1, -0.05) is 6.07 Å². The number of quaternary nitrogens is 1. The highest BCUT2D eigenvalue weighted by molar-refractivity contribution is 5.95. The van der Waals surface area contributed by atoms with Gasteiger partial charge in [-0.25, -0.2) is 0 Å². The number of nitrogens with zero attached hydrogens (tertiary/aromatic N) is 1. The van der Waals surface area contributed by atoms with Crippen molar-refractivity contribution in [1.29, 1.82) is 0 Å². The summed E-state index contributed by atoms with van der Waals surface area (Å²) in [6.45, 7) is 2.33. The van der Waals surface area contributed by atoms with E-state index >= 15 is 0 Å². The quantitative estimate of drug-likeness (QED) is 0.487. The van der Waals surface area contributed by atoms with Crippen molar-refractivity contribution in [3.05, 3.63) is 52.1 Å². The van der Waals surface area contributed by atoms with Crippen molar-refractivity contribution < 1.29 is 28.8 Å². The fraction of sp³-hybridized carbons (Fsp3) is 0.350. The highest BCUT2D eigenvalue weighted by atomic mass is 16.6. The predicted octanol–water partition coefficient (Wildman–Crippen LogP) is 1.66. The second kappa shape index (κ2) is 9.74. The van der Waals surface area contributed by atoms with Crippen LogP contribution in [0.3, 0.4) is 0 Å². The van der Waals surface area contributed by atoms with Crippen molar-refractivity contribution in [1.82, 2.24) is 0 Å². The maximum absolute atomic E-state index is 12.7. The average molecular weight is 404 g/mol. The molecule has 2 aromatic rings. The summed E-state index contributed by atoms with van der Waals surface area (Å²) in [7, 11) is 6.44. The Morgan fingerprint density at radius 3 is 2.41 bits per heavy atom. The monoisotopic (exact) mass is 404 g/mol. The molecule has 29 heavy (non-hydrogen) atoms. The minimum atomic E-state index is -0.518. The van der Waals surface area contributed by atoms with Crippen LogP contribution < -0.4 is 24.4 Å². The molecule has 0 saturated heterocycles. The van der Waals surface area contributed by atoms with Crippen LogP contribution in [0.2, 0.25) is 0 Å². The zero-order valence-electron chi connectivity index (χ0n) is 17.1. The number of carbonyl (C=O) groups excluding carboxylic acids is 1. The third-order valence-electron chi connectivity index (χ3n) is 4.74. The molecule has 0 aliphatic rings. The van der Waals surface area contributed by atoms with E-state index in [1.165, 1.54) is 25.3 Å². The summed E-state index contributed by atoms with van der Waals surface area (Å²) in [5.41, 5.74) is 1.18. The van der Waals surface area contributed by atoms with Crippen LogP contribution in [0.1, 0.15) is 12.5 Å². The van der Waals surface area contributed by atoms with Crippen molar-refractivity contribution in [3.8, 4) is 17.2 Å². The van der Waals surface area contributed by atoms with E-state index in [0.717, 1.165) is 10.5 Å². The number of anilines is 1. The number of para-hydroxylation sites is 1. The maximum atomic E-state index is 12.7. The van der Waals surface area contributed by atoms with Crippen LogP contribution in [0.25, 0.3) is 0 Å². The number of benzene rings is 2. The first-order valence-corrected chi connectivity index (χ1v) is 8.97. The van der Waals surface area contributed by atoms with Crippen molar-refractivity contribution in [2.24, 2.45) is 0 Å². The fourth-order valence-electron chi connectivity index (χ4n) is 2.91. The maximum Gasteiger partial charge on any atom is 0.282 e. The van der Waals surface area contributed by atoms with Gasteiger partial charge in [0.2, 0.25) is 0 Å². The molecule has 1 amide bonds. The van der Waals surface area contributed by atoms with Gasteiger partial charge in [-0.05, 0) is 25.1 Å². The summed E-state index contributed by atoms with van der Waals surface area (Å²) in [5, 5.41) is 13.7. The van der Waals surface area contributed by atoms with Gasteiger partial charge in [0.05, 0.1) is 50.6 Å². The number of ether oxygens (including phenoxy) is 3. The molecule has 0 heterocycles. The second-order valence-corrected chi connectivity index (χ2v) is 6.53. The molecule has 2 aromatic carbocycles. The molecular weight excluding hydrogens is 378 g/mol. The zero-order chi connectivity index (χ0) is 21.6. The molecule has 2 atom stereocenters. The smallest absolute Gasteiger partial charge is 0.282 e. The third kappa shape index (κ3) is 5.14. The van der Waals surface area contributed by atoms with Gasteiger partial charge >= 0.3 is 0 Å². The Hall–Kier alpha value is -3.33. The van der Waals surface area contributed by atoms with Gasteiger partial charge in [0.25, 0.3) is 11.6 Å². The molecule has 2 N–H and O–H groups in total.